The first-order valence-electron chi connectivity index (χ1n) is 8.95. The number of rotatable bonds is 8. The van der Waals surface area contributed by atoms with E-state index in [-0.39, 0.29) is 42.2 Å². The topological polar surface area (TPSA) is 57.2 Å². The van der Waals surface area contributed by atoms with Gasteiger partial charge in [0, 0.05) is 39.1 Å². The molecule has 29 heavy (non-hydrogen) atoms. The Morgan fingerprint density at radius 1 is 1.28 bits per heavy atom. The molecule has 1 amide bonds. The van der Waals surface area contributed by atoms with E-state index in [0.717, 1.165) is 12.0 Å². The van der Waals surface area contributed by atoms with Gasteiger partial charge in [-0.3, -0.25) is 4.79 Å². The van der Waals surface area contributed by atoms with Crippen molar-refractivity contribution in [1.29, 1.82) is 0 Å². The number of methoxy groups -OCH3 is 1. The maximum Gasteiger partial charge on any atom is 0.243 e. The number of carbonyl (C=O) groups is 1. The first-order valence-corrected chi connectivity index (χ1v) is 9.83. The Balaban J connectivity index is 0.00000420. The highest BCUT2D eigenvalue weighted by Crippen LogP contribution is 2.18. The average molecular weight is 534 g/mol. The molecule has 1 N–H and O–H groups in total. The molecule has 9 heteroatoms. The van der Waals surface area contributed by atoms with Crippen LogP contribution in [0.15, 0.2) is 40.7 Å². The Labute approximate surface area is 192 Å². The molecule has 6 nitrogen and oxygen atoms in total. The van der Waals surface area contributed by atoms with Gasteiger partial charge in [0.2, 0.25) is 5.91 Å². The molecule has 0 spiro atoms. The van der Waals surface area contributed by atoms with Crippen LogP contribution in [-0.4, -0.2) is 63.0 Å². The summed E-state index contributed by atoms with van der Waals surface area (Å²) < 4.78 is 18.9. The number of halogens is 2. The van der Waals surface area contributed by atoms with Crippen molar-refractivity contribution in [3.05, 3.63) is 52.0 Å². The van der Waals surface area contributed by atoms with Crippen LogP contribution in [-0.2, 0) is 17.8 Å². The Bertz CT molecular complexity index is 800. The van der Waals surface area contributed by atoms with Crippen molar-refractivity contribution >= 4 is 47.2 Å². The molecular weight excluding hydrogens is 506 g/mol. The minimum Gasteiger partial charge on any atom is -0.494 e. The van der Waals surface area contributed by atoms with Crippen molar-refractivity contribution in [2.75, 3.05) is 41.3 Å². The molecule has 2 aromatic rings. The van der Waals surface area contributed by atoms with E-state index < -0.39 is 5.82 Å². The largest absolute Gasteiger partial charge is 0.494 e. The van der Waals surface area contributed by atoms with Crippen molar-refractivity contribution in [1.82, 2.24) is 15.1 Å². The van der Waals surface area contributed by atoms with E-state index in [2.05, 4.69) is 16.4 Å². The lowest BCUT2D eigenvalue weighted by Gasteiger charge is -2.23. The second-order valence-electron chi connectivity index (χ2n) is 6.51. The van der Waals surface area contributed by atoms with E-state index in [4.69, 9.17) is 4.74 Å². The zero-order chi connectivity index (χ0) is 20.5. The minimum absolute atomic E-state index is 0. The Morgan fingerprint density at radius 2 is 2.03 bits per heavy atom. The van der Waals surface area contributed by atoms with Gasteiger partial charge in [-0.25, -0.2) is 9.38 Å². The fraction of sp³-hybridized carbons (Fsp3) is 0.400. The number of nitrogens with one attached hydrogen (secondary N) is 1. The Morgan fingerprint density at radius 3 is 2.62 bits per heavy atom. The number of carbonyl (C=O) groups excluding carboxylic acids is 1. The van der Waals surface area contributed by atoms with Gasteiger partial charge in [0.05, 0.1) is 7.11 Å². The highest BCUT2D eigenvalue weighted by Gasteiger charge is 2.11. The SMILES string of the molecule is COc1ccc(CN(C)C(=NCC(=O)N(C)C)NCCc2cccs2)cc1F.I. The van der Waals surface area contributed by atoms with E-state index >= 15 is 0 Å². The molecule has 0 aliphatic heterocycles. The van der Waals surface area contributed by atoms with Crippen LogP contribution in [0, 0.1) is 5.82 Å². The van der Waals surface area contributed by atoms with Crippen LogP contribution in [0.1, 0.15) is 10.4 Å². The summed E-state index contributed by atoms with van der Waals surface area (Å²) in [7, 11) is 6.70. The Hall–Kier alpha value is -1.88. The molecule has 0 bridgehead atoms. The van der Waals surface area contributed by atoms with Crippen LogP contribution < -0.4 is 10.1 Å². The lowest BCUT2D eigenvalue weighted by Crippen LogP contribution is -2.40. The fourth-order valence-corrected chi connectivity index (χ4v) is 3.21. The number of nitrogens with zero attached hydrogens (tertiary/aromatic N) is 3. The van der Waals surface area contributed by atoms with E-state index in [9.17, 15) is 9.18 Å². The van der Waals surface area contributed by atoms with Crippen molar-refractivity contribution in [2.24, 2.45) is 4.99 Å². The normalized spacial score (nSPS) is 10.9. The van der Waals surface area contributed by atoms with Crippen LogP contribution in [0.25, 0.3) is 0 Å². The second-order valence-corrected chi connectivity index (χ2v) is 7.54. The molecule has 160 valence electrons. The first kappa shape index (κ1) is 25.2. The second kappa shape index (κ2) is 12.6. The summed E-state index contributed by atoms with van der Waals surface area (Å²) in [4.78, 5) is 21.0. The molecule has 1 aromatic carbocycles. The molecule has 2 rings (SSSR count). The quantitative estimate of drug-likeness (QED) is 0.321. The van der Waals surface area contributed by atoms with E-state index in [0.29, 0.717) is 19.0 Å². The van der Waals surface area contributed by atoms with Crippen LogP contribution in [0.4, 0.5) is 4.39 Å². The number of thiophene rings is 1. The first-order chi connectivity index (χ1) is 13.4. The van der Waals surface area contributed by atoms with Crippen molar-refractivity contribution in [2.45, 2.75) is 13.0 Å². The van der Waals surface area contributed by atoms with E-state index in [1.165, 1.54) is 23.0 Å². The summed E-state index contributed by atoms with van der Waals surface area (Å²) in [6.07, 6.45) is 0.864. The number of hydrogen-bond donors (Lipinski definition) is 1. The number of aliphatic imine (C=N–C) groups is 1. The fourth-order valence-electron chi connectivity index (χ4n) is 2.50. The predicted octanol–water partition coefficient (Wildman–Crippen LogP) is 3.22. The molecule has 1 heterocycles. The molecule has 0 saturated heterocycles. The van der Waals surface area contributed by atoms with Crippen LogP contribution >= 0.6 is 35.3 Å². The summed E-state index contributed by atoms with van der Waals surface area (Å²) in [5.41, 5.74) is 0.785. The highest BCUT2D eigenvalue weighted by molar-refractivity contribution is 14.0. The lowest BCUT2D eigenvalue weighted by atomic mass is 10.2. The minimum atomic E-state index is -0.402. The van der Waals surface area contributed by atoms with Crippen molar-refractivity contribution < 1.29 is 13.9 Å². The smallest absolute Gasteiger partial charge is 0.243 e. The number of guanidine groups is 1. The summed E-state index contributed by atoms with van der Waals surface area (Å²) in [6, 6.07) is 8.98. The third-order valence-electron chi connectivity index (χ3n) is 4.10. The van der Waals surface area contributed by atoms with Gasteiger partial charge >= 0.3 is 0 Å². The van der Waals surface area contributed by atoms with Gasteiger partial charge in [0.15, 0.2) is 17.5 Å². The number of amides is 1. The average Bonchev–Trinajstić information content (AvgIpc) is 3.17. The van der Waals surface area contributed by atoms with Gasteiger partial charge in [-0.05, 0) is 35.6 Å². The summed E-state index contributed by atoms with van der Waals surface area (Å²) in [5, 5.41) is 5.35. The molecular formula is C20H28FIN4O2S. The summed E-state index contributed by atoms with van der Waals surface area (Å²) in [5.74, 6) is 0.329. The summed E-state index contributed by atoms with van der Waals surface area (Å²) in [6.45, 7) is 1.19. The van der Waals surface area contributed by atoms with Crippen LogP contribution in [0.5, 0.6) is 5.75 Å². The zero-order valence-electron chi connectivity index (χ0n) is 17.1. The van der Waals surface area contributed by atoms with E-state index in [1.54, 1.807) is 31.5 Å². The van der Waals surface area contributed by atoms with Crippen LogP contribution in [0.3, 0.4) is 0 Å². The number of hydrogen-bond acceptors (Lipinski definition) is 4. The third-order valence-corrected chi connectivity index (χ3v) is 5.03. The highest BCUT2D eigenvalue weighted by atomic mass is 127. The molecule has 0 saturated carbocycles. The van der Waals surface area contributed by atoms with Gasteiger partial charge in [-0.1, -0.05) is 12.1 Å². The van der Waals surface area contributed by atoms with Gasteiger partial charge in [0.25, 0.3) is 0 Å². The lowest BCUT2D eigenvalue weighted by molar-refractivity contribution is -0.127. The molecule has 0 radical (unpaired) electrons. The monoisotopic (exact) mass is 534 g/mol. The van der Waals surface area contributed by atoms with Crippen molar-refractivity contribution in [3.63, 3.8) is 0 Å². The number of benzene rings is 1. The molecule has 0 fully saturated rings. The van der Waals surface area contributed by atoms with Crippen molar-refractivity contribution in [3.8, 4) is 5.75 Å². The molecule has 0 aliphatic carbocycles. The molecule has 0 atom stereocenters. The van der Waals surface area contributed by atoms with Gasteiger partial charge < -0.3 is 19.9 Å². The third kappa shape index (κ3) is 8.17. The molecule has 0 unspecified atom stereocenters. The van der Waals surface area contributed by atoms with Crippen LogP contribution in [0.2, 0.25) is 0 Å². The predicted molar refractivity (Wildman–Crippen MR) is 127 cm³/mol. The van der Waals surface area contributed by atoms with Gasteiger partial charge in [0.1, 0.15) is 6.54 Å². The standard InChI is InChI=1S/C20H27FN4O2S.HI/c1-24(2)19(26)13-23-20(22-10-9-16-6-5-11-28-16)25(3)14-15-7-8-18(27-4)17(21)12-15;/h5-8,11-12H,9-10,13-14H2,1-4H3,(H,22,23);1H. The van der Waals surface area contributed by atoms with Gasteiger partial charge in [-0.15, -0.1) is 35.3 Å². The Kier molecular flexibility index (Phi) is 11.0. The molecule has 1 aromatic heterocycles. The zero-order valence-corrected chi connectivity index (χ0v) is 20.3. The van der Waals surface area contributed by atoms with Gasteiger partial charge in [-0.2, -0.15) is 0 Å². The number of ether oxygens (including phenoxy) is 1. The maximum atomic E-state index is 14.0. The summed E-state index contributed by atoms with van der Waals surface area (Å²) >= 11 is 1.71. The maximum absolute atomic E-state index is 14.0. The number of likely N-dealkylation sites (N-methyl/N-ethyl adjacent to an activating group) is 1. The van der Waals surface area contributed by atoms with E-state index in [1.807, 2.05) is 29.5 Å². The molecule has 0 aliphatic rings.